The Balaban J connectivity index is 1.50. The molecule has 30 heavy (non-hydrogen) atoms. The lowest BCUT2D eigenvalue weighted by molar-refractivity contribution is 0.594. The van der Waals surface area contributed by atoms with Gasteiger partial charge in [-0.05, 0) is 59.4 Å². The van der Waals surface area contributed by atoms with Crippen LogP contribution in [-0.2, 0) is 22.8 Å². The van der Waals surface area contributed by atoms with Crippen LogP contribution in [-0.4, -0.2) is 24.3 Å². The first-order chi connectivity index (χ1) is 14.6. The molecule has 2 N–H and O–H groups in total. The molecule has 156 valence electrons. The Labute approximate surface area is 184 Å². The van der Waals surface area contributed by atoms with Crippen molar-refractivity contribution in [3.05, 3.63) is 100 Å². The van der Waals surface area contributed by atoms with E-state index in [1.54, 1.807) is 31.3 Å². The average Bonchev–Trinajstić information content (AvgIpc) is 2.94. The van der Waals surface area contributed by atoms with Gasteiger partial charge in [-0.25, -0.2) is 13.3 Å². The third-order valence-electron chi connectivity index (χ3n) is 5.56. The molecule has 0 fully saturated rings. The van der Waals surface area contributed by atoms with Gasteiger partial charge in [-0.15, -0.1) is 0 Å². The molecule has 0 saturated carbocycles. The summed E-state index contributed by atoms with van der Waals surface area (Å²) in [4.78, 5) is 0.638. The number of hydrogen-bond acceptors (Lipinski definition) is 3. The van der Waals surface area contributed by atoms with Crippen LogP contribution >= 0.6 is 11.6 Å². The Kier molecular flexibility index (Phi) is 6.54. The Bertz CT molecular complexity index is 1090. The van der Waals surface area contributed by atoms with Gasteiger partial charge in [-0.3, -0.25) is 0 Å². The number of benzene rings is 3. The molecular formula is C24H26ClN3OS. The Morgan fingerprint density at radius 1 is 0.900 bits per heavy atom. The van der Waals surface area contributed by atoms with Crippen LogP contribution in [0.5, 0.6) is 0 Å². The average molecular weight is 440 g/mol. The van der Waals surface area contributed by atoms with E-state index in [2.05, 4.69) is 62.9 Å². The zero-order valence-electron chi connectivity index (χ0n) is 17.0. The summed E-state index contributed by atoms with van der Waals surface area (Å²) in [6, 6.07) is 24.4. The summed E-state index contributed by atoms with van der Waals surface area (Å²) in [7, 11) is -1.10. The number of aryl methyl sites for hydroxylation is 2. The van der Waals surface area contributed by atoms with Crippen LogP contribution in [0.15, 0.2) is 82.1 Å². The standard InChI is InChI=1S/C24H26ClN3OS/c1-26-30(29,21-14-12-20(25)13-15-21)28-17-16-27-24-22-8-4-2-6-18(22)10-11-19-7-3-5-9-23(19)24/h2-9,12-15,24,27H,10-11,16-17H2,1H3,(H,26,28,29). The number of nitrogens with zero attached hydrogens (tertiary/aromatic N) is 1. The van der Waals surface area contributed by atoms with Crippen LogP contribution in [0.4, 0.5) is 0 Å². The van der Waals surface area contributed by atoms with E-state index in [4.69, 9.17) is 11.6 Å². The van der Waals surface area contributed by atoms with Gasteiger partial charge in [0.2, 0.25) is 0 Å². The van der Waals surface area contributed by atoms with Gasteiger partial charge in [-0.2, -0.15) is 0 Å². The van der Waals surface area contributed by atoms with Gasteiger partial charge in [0.1, 0.15) is 9.92 Å². The molecule has 0 aromatic heterocycles. The van der Waals surface area contributed by atoms with E-state index >= 15 is 0 Å². The lowest BCUT2D eigenvalue weighted by Gasteiger charge is -2.22. The molecule has 0 aliphatic heterocycles. The van der Waals surface area contributed by atoms with Crippen molar-refractivity contribution in [1.29, 1.82) is 0 Å². The fourth-order valence-corrected chi connectivity index (χ4v) is 5.54. The first-order valence-electron chi connectivity index (χ1n) is 10.1. The molecule has 4 rings (SSSR count). The van der Waals surface area contributed by atoms with Crippen LogP contribution in [0.1, 0.15) is 28.3 Å². The molecular weight excluding hydrogens is 414 g/mol. The smallest absolute Gasteiger partial charge is 0.137 e. The molecule has 0 radical (unpaired) electrons. The van der Waals surface area contributed by atoms with Gasteiger partial charge in [0.05, 0.1) is 10.9 Å². The molecule has 0 heterocycles. The molecule has 0 spiro atoms. The molecule has 4 nitrogen and oxygen atoms in total. The number of halogens is 1. The predicted octanol–water partition coefficient (Wildman–Crippen LogP) is 4.78. The number of nitrogens with one attached hydrogen (secondary N) is 2. The molecule has 1 aliphatic carbocycles. The van der Waals surface area contributed by atoms with Crippen LogP contribution < -0.4 is 10.0 Å². The van der Waals surface area contributed by atoms with Gasteiger partial charge < -0.3 is 5.32 Å². The number of fused-ring (bicyclic) bond motifs is 2. The summed E-state index contributed by atoms with van der Waals surface area (Å²) in [6.07, 6.45) is 2.09. The van der Waals surface area contributed by atoms with Crippen molar-refractivity contribution in [2.45, 2.75) is 23.8 Å². The van der Waals surface area contributed by atoms with Crippen LogP contribution in [0.2, 0.25) is 5.02 Å². The monoisotopic (exact) mass is 439 g/mol. The lowest BCUT2D eigenvalue weighted by atomic mass is 9.94. The van der Waals surface area contributed by atoms with Gasteiger partial charge in [0.25, 0.3) is 0 Å². The third-order valence-corrected chi connectivity index (χ3v) is 7.83. The second-order valence-corrected chi connectivity index (χ2v) is 9.95. The fourth-order valence-electron chi connectivity index (χ4n) is 4.02. The van der Waals surface area contributed by atoms with Crippen molar-refractivity contribution in [2.75, 3.05) is 20.1 Å². The SMILES string of the molecule is CN=S(=O)(NCCNC1c2ccccc2CCc2ccccc21)c1ccc(Cl)cc1. The van der Waals surface area contributed by atoms with Gasteiger partial charge >= 0.3 is 0 Å². The largest absolute Gasteiger partial charge is 0.305 e. The highest BCUT2D eigenvalue weighted by molar-refractivity contribution is 7.91. The normalized spacial score (nSPS) is 15.5. The van der Waals surface area contributed by atoms with E-state index in [0.717, 1.165) is 12.8 Å². The number of rotatable bonds is 6. The van der Waals surface area contributed by atoms with Crippen LogP contribution in [0.3, 0.4) is 0 Å². The predicted molar refractivity (Wildman–Crippen MR) is 124 cm³/mol. The Hall–Kier alpha value is -2.18. The summed E-state index contributed by atoms with van der Waals surface area (Å²) >= 11 is 5.96. The second kappa shape index (κ2) is 9.31. The highest BCUT2D eigenvalue weighted by Crippen LogP contribution is 2.32. The van der Waals surface area contributed by atoms with Crippen molar-refractivity contribution in [3.8, 4) is 0 Å². The maximum Gasteiger partial charge on any atom is 0.137 e. The first kappa shape index (κ1) is 21.1. The van der Waals surface area contributed by atoms with E-state index in [9.17, 15) is 4.21 Å². The molecule has 1 atom stereocenters. The van der Waals surface area contributed by atoms with Gasteiger partial charge in [0, 0.05) is 25.2 Å². The van der Waals surface area contributed by atoms with E-state index < -0.39 is 9.92 Å². The lowest BCUT2D eigenvalue weighted by Crippen LogP contribution is -2.34. The summed E-state index contributed by atoms with van der Waals surface area (Å²) in [5, 5.41) is 4.30. The summed E-state index contributed by atoms with van der Waals surface area (Å²) in [5.74, 6) is 0. The van der Waals surface area contributed by atoms with E-state index in [1.807, 2.05) is 0 Å². The van der Waals surface area contributed by atoms with Gasteiger partial charge in [-0.1, -0.05) is 60.1 Å². The highest BCUT2D eigenvalue weighted by atomic mass is 35.5. The minimum Gasteiger partial charge on any atom is -0.305 e. The van der Waals surface area contributed by atoms with Crippen molar-refractivity contribution in [2.24, 2.45) is 4.36 Å². The van der Waals surface area contributed by atoms with Crippen molar-refractivity contribution < 1.29 is 4.21 Å². The molecule has 0 bridgehead atoms. The minimum absolute atomic E-state index is 0.117. The van der Waals surface area contributed by atoms with Crippen LogP contribution in [0, 0.1) is 0 Å². The molecule has 1 aliphatic rings. The summed E-state index contributed by atoms with van der Waals surface area (Å²) in [5.41, 5.74) is 5.41. The number of hydrogen-bond donors (Lipinski definition) is 2. The summed E-state index contributed by atoms with van der Waals surface area (Å²) < 4.78 is 20.5. The zero-order valence-corrected chi connectivity index (χ0v) is 18.5. The van der Waals surface area contributed by atoms with E-state index in [-0.39, 0.29) is 6.04 Å². The minimum atomic E-state index is -2.68. The molecule has 0 saturated heterocycles. The molecule has 3 aromatic rings. The maximum atomic E-state index is 13.2. The van der Waals surface area contributed by atoms with E-state index in [0.29, 0.717) is 23.0 Å². The molecule has 0 amide bonds. The molecule has 6 heteroatoms. The Morgan fingerprint density at radius 3 is 2.03 bits per heavy atom. The first-order valence-corrected chi connectivity index (χ1v) is 12.0. The Morgan fingerprint density at radius 2 is 1.47 bits per heavy atom. The molecule has 3 aromatic carbocycles. The quantitative estimate of drug-likeness (QED) is 0.543. The highest BCUT2D eigenvalue weighted by Gasteiger charge is 2.22. The topological polar surface area (TPSA) is 53.5 Å². The zero-order chi connectivity index (χ0) is 21.0. The maximum absolute atomic E-state index is 13.2. The fraction of sp³-hybridized carbons (Fsp3) is 0.250. The van der Waals surface area contributed by atoms with Crippen LogP contribution in [0.25, 0.3) is 0 Å². The van der Waals surface area contributed by atoms with Crippen molar-refractivity contribution in [3.63, 3.8) is 0 Å². The van der Waals surface area contributed by atoms with Gasteiger partial charge in [0.15, 0.2) is 0 Å². The summed E-state index contributed by atoms with van der Waals surface area (Å²) in [6.45, 7) is 1.19. The molecule has 1 unspecified atom stereocenters. The second-order valence-electron chi connectivity index (χ2n) is 7.34. The van der Waals surface area contributed by atoms with E-state index in [1.165, 1.54) is 22.3 Å². The van der Waals surface area contributed by atoms with Crippen molar-refractivity contribution in [1.82, 2.24) is 10.0 Å². The van der Waals surface area contributed by atoms with Crippen molar-refractivity contribution >= 4 is 21.5 Å². The third kappa shape index (κ3) is 4.44.